The van der Waals surface area contributed by atoms with Gasteiger partial charge in [0.25, 0.3) is 0 Å². The van der Waals surface area contributed by atoms with Crippen LogP contribution in [0, 0.1) is 6.92 Å². The molecule has 4 rings (SSSR count). The summed E-state index contributed by atoms with van der Waals surface area (Å²) in [5.74, 6) is 2.34. The second kappa shape index (κ2) is 8.02. The Bertz CT molecular complexity index is 1020. The van der Waals surface area contributed by atoms with Crippen LogP contribution in [0.25, 0.3) is 11.4 Å². The van der Waals surface area contributed by atoms with Gasteiger partial charge in [-0.05, 0) is 49.3 Å². The summed E-state index contributed by atoms with van der Waals surface area (Å²) in [5.41, 5.74) is 10.4. The topological polar surface area (TPSA) is 80.9 Å². The van der Waals surface area contributed by atoms with E-state index in [1.807, 2.05) is 36.4 Å². The van der Waals surface area contributed by atoms with E-state index in [1.165, 1.54) is 5.56 Å². The Balaban J connectivity index is 1.69. The highest BCUT2D eigenvalue weighted by Gasteiger charge is 2.19. The molecule has 0 saturated heterocycles. The Hall–Kier alpha value is -2.86. The molecule has 0 atom stereocenters. The smallest absolute Gasteiger partial charge is 0.221 e. The lowest BCUT2D eigenvalue weighted by molar-refractivity contribution is -0.117. The number of aryl methyl sites for hydroxylation is 2. The standard InChI is InChI=1S/C22H22N4OS/c1-14-4-2-5-16(12-14)21-25-18-6-3-11-28-20(18)22(26-21)24-17-9-7-15(8-10-17)13-19(23)27/h2,4-5,7-10,12H,3,6,11,13H2,1H3,(H2,23,27)(H,24,25,26). The molecule has 0 radical (unpaired) electrons. The molecule has 2 heterocycles. The maximum atomic E-state index is 11.1. The summed E-state index contributed by atoms with van der Waals surface area (Å²) in [5, 5.41) is 3.45. The van der Waals surface area contributed by atoms with Crippen LogP contribution in [0.4, 0.5) is 11.5 Å². The number of benzene rings is 2. The van der Waals surface area contributed by atoms with E-state index in [9.17, 15) is 4.79 Å². The molecule has 3 N–H and O–H groups in total. The summed E-state index contributed by atoms with van der Waals surface area (Å²) < 4.78 is 0. The third-order valence-electron chi connectivity index (χ3n) is 4.61. The van der Waals surface area contributed by atoms with Gasteiger partial charge in [0.2, 0.25) is 5.91 Å². The van der Waals surface area contributed by atoms with Crippen LogP contribution in [0.2, 0.25) is 0 Å². The lowest BCUT2D eigenvalue weighted by atomic mass is 10.1. The molecule has 0 fully saturated rings. The normalized spacial score (nSPS) is 13.0. The second-order valence-electron chi connectivity index (χ2n) is 6.96. The Kier molecular flexibility index (Phi) is 5.30. The number of carbonyl (C=O) groups is 1. The van der Waals surface area contributed by atoms with Gasteiger partial charge in [-0.1, -0.05) is 35.9 Å². The van der Waals surface area contributed by atoms with E-state index >= 15 is 0 Å². The third kappa shape index (κ3) is 4.17. The fourth-order valence-electron chi connectivity index (χ4n) is 3.27. The first-order chi connectivity index (χ1) is 13.6. The van der Waals surface area contributed by atoms with Crippen molar-refractivity contribution < 1.29 is 4.79 Å². The molecular formula is C22H22N4OS. The molecule has 1 aliphatic heterocycles. The second-order valence-corrected chi connectivity index (χ2v) is 8.06. The minimum Gasteiger partial charge on any atom is -0.369 e. The van der Waals surface area contributed by atoms with Crippen molar-refractivity contribution in [2.75, 3.05) is 11.1 Å². The summed E-state index contributed by atoms with van der Waals surface area (Å²) in [6.45, 7) is 2.07. The first kappa shape index (κ1) is 18.5. The molecule has 0 unspecified atom stereocenters. The lowest BCUT2D eigenvalue weighted by Gasteiger charge is -2.19. The fourth-order valence-corrected chi connectivity index (χ4v) is 4.31. The zero-order chi connectivity index (χ0) is 19.5. The summed E-state index contributed by atoms with van der Waals surface area (Å²) in [7, 11) is 0. The van der Waals surface area contributed by atoms with E-state index in [2.05, 4.69) is 24.4 Å². The molecule has 0 aliphatic carbocycles. The lowest BCUT2D eigenvalue weighted by Crippen LogP contribution is -2.13. The Morgan fingerprint density at radius 1 is 1.18 bits per heavy atom. The Morgan fingerprint density at radius 3 is 2.75 bits per heavy atom. The quantitative estimate of drug-likeness (QED) is 0.680. The van der Waals surface area contributed by atoms with Crippen LogP contribution in [0.5, 0.6) is 0 Å². The van der Waals surface area contributed by atoms with Crippen LogP contribution < -0.4 is 11.1 Å². The SMILES string of the molecule is Cc1cccc(-c2nc3c(c(Nc4ccc(CC(N)=O)cc4)n2)SCCC3)c1. The molecular weight excluding hydrogens is 368 g/mol. The molecule has 6 heteroatoms. The number of primary amides is 1. The van der Waals surface area contributed by atoms with Crippen molar-refractivity contribution in [3.05, 3.63) is 65.4 Å². The van der Waals surface area contributed by atoms with E-state index < -0.39 is 0 Å². The van der Waals surface area contributed by atoms with Crippen LogP contribution in [0.15, 0.2) is 53.4 Å². The monoisotopic (exact) mass is 390 g/mol. The number of fused-ring (bicyclic) bond motifs is 1. The number of nitrogens with zero attached hydrogens (tertiary/aromatic N) is 2. The van der Waals surface area contributed by atoms with Gasteiger partial charge in [-0.25, -0.2) is 9.97 Å². The van der Waals surface area contributed by atoms with Crippen molar-refractivity contribution in [3.63, 3.8) is 0 Å². The predicted octanol–water partition coefficient (Wildman–Crippen LogP) is 4.26. The molecule has 5 nitrogen and oxygen atoms in total. The zero-order valence-corrected chi connectivity index (χ0v) is 16.6. The van der Waals surface area contributed by atoms with E-state index in [1.54, 1.807) is 11.8 Å². The number of amides is 1. The van der Waals surface area contributed by atoms with Crippen LogP contribution in [-0.2, 0) is 17.6 Å². The first-order valence-electron chi connectivity index (χ1n) is 9.33. The van der Waals surface area contributed by atoms with Gasteiger partial charge in [-0.2, -0.15) is 0 Å². The third-order valence-corrected chi connectivity index (χ3v) is 5.82. The van der Waals surface area contributed by atoms with Gasteiger partial charge in [0.15, 0.2) is 5.82 Å². The van der Waals surface area contributed by atoms with Crippen LogP contribution in [-0.4, -0.2) is 21.6 Å². The predicted molar refractivity (Wildman–Crippen MR) is 114 cm³/mol. The summed E-state index contributed by atoms with van der Waals surface area (Å²) in [6.07, 6.45) is 2.34. The molecule has 2 aromatic carbocycles. The number of nitrogens with two attached hydrogens (primary N) is 1. The van der Waals surface area contributed by atoms with Crippen molar-refractivity contribution in [2.24, 2.45) is 5.73 Å². The van der Waals surface area contributed by atoms with Crippen molar-refractivity contribution in [1.82, 2.24) is 9.97 Å². The van der Waals surface area contributed by atoms with E-state index in [0.717, 1.165) is 57.6 Å². The van der Waals surface area contributed by atoms with Gasteiger partial charge in [0.1, 0.15) is 5.82 Å². The van der Waals surface area contributed by atoms with Crippen molar-refractivity contribution >= 4 is 29.2 Å². The number of anilines is 2. The number of thioether (sulfide) groups is 1. The van der Waals surface area contributed by atoms with E-state index in [0.29, 0.717) is 0 Å². The summed E-state index contributed by atoms with van der Waals surface area (Å²) >= 11 is 1.80. The number of carbonyl (C=O) groups excluding carboxylic acids is 1. The maximum absolute atomic E-state index is 11.1. The maximum Gasteiger partial charge on any atom is 0.221 e. The summed E-state index contributed by atoms with van der Waals surface area (Å²) in [6, 6.07) is 16.0. The van der Waals surface area contributed by atoms with Gasteiger partial charge in [0.05, 0.1) is 17.0 Å². The number of hydrogen-bond donors (Lipinski definition) is 2. The molecule has 1 amide bonds. The number of hydrogen-bond acceptors (Lipinski definition) is 5. The molecule has 1 aliphatic rings. The fraction of sp³-hybridized carbons (Fsp3) is 0.227. The van der Waals surface area contributed by atoms with Crippen LogP contribution in [0.3, 0.4) is 0 Å². The van der Waals surface area contributed by atoms with Gasteiger partial charge in [-0.3, -0.25) is 4.79 Å². The Labute approximate surface area is 168 Å². The molecule has 1 aromatic heterocycles. The molecule has 3 aromatic rings. The summed E-state index contributed by atoms with van der Waals surface area (Å²) in [4.78, 5) is 21.9. The van der Waals surface area contributed by atoms with Crippen molar-refractivity contribution in [3.8, 4) is 11.4 Å². The number of rotatable bonds is 5. The van der Waals surface area contributed by atoms with Crippen molar-refractivity contribution in [1.29, 1.82) is 0 Å². The average molecular weight is 391 g/mol. The Morgan fingerprint density at radius 2 is 2.00 bits per heavy atom. The minimum atomic E-state index is -0.329. The van der Waals surface area contributed by atoms with Crippen LogP contribution >= 0.6 is 11.8 Å². The molecule has 28 heavy (non-hydrogen) atoms. The van der Waals surface area contributed by atoms with Gasteiger partial charge in [0, 0.05) is 11.3 Å². The van der Waals surface area contributed by atoms with Gasteiger partial charge >= 0.3 is 0 Å². The van der Waals surface area contributed by atoms with Crippen LogP contribution in [0.1, 0.15) is 23.2 Å². The first-order valence-corrected chi connectivity index (χ1v) is 10.3. The molecule has 142 valence electrons. The molecule has 0 bridgehead atoms. The number of nitrogens with one attached hydrogen (secondary N) is 1. The van der Waals surface area contributed by atoms with Gasteiger partial charge in [-0.15, -0.1) is 11.8 Å². The molecule has 0 saturated carbocycles. The van der Waals surface area contributed by atoms with Gasteiger partial charge < -0.3 is 11.1 Å². The zero-order valence-electron chi connectivity index (χ0n) is 15.7. The van der Waals surface area contributed by atoms with E-state index in [-0.39, 0.29) is 12.3 Å². The molecule has 0 spiro atoms. The minimum absolute atomic E-state index is 0.247. The largest absolute Gasteiger partial charge is 0.369 e. The van der Waals surface area contributed by atoms with E-state index in [4.69, 9.17) is 15.7 Å². The highest BCUT2D eigenvalue weighted by molar-refractivity contribution is 7.99. The average Bonchev–Trinajstić information content (AvgIpc) is 2.69. The number of aromatic nitrogens is 2. The van der Waals surface area contributed by atoms with Crippen molar-refractivity contribution in [2.45, 2.75) is 31.1 Å². The highest BCUT2D eigenvalue weighted by atomic mass is 32.2. The highest BCUT2D eigenvalue weighted by Crippen LogP contribution is 2.37.